The summed E-state index contributed by atoms with van der Waals surface area (Å²) >= 11 is 0. The van der Waals surface area contributed by atoms with Crippen molar-refractivity contribution < 1.29 is 4.74 Å². The number of aryl methyl sites for hydroxylation is 1. The molecule has 1 aromatic rings. The molecule has 2 nitrogen and oxygen atoms in total. The van der Waals surface area contributed by atoms with Crippen molar-refractivity contribution in [2.24, 2.45) is 0 Å². The number of allylic oxidation sites excluding steroid dienone is 1. The average Bonchev–Trinajstić information content (AvgIpc) is 2.59. The highest BCUT2D eigenvalue weighted by Crippen LogP contribution is 2.05. The maximum atomic E-state index is 5.72. The Morgan fingerprint density at radius 1 is 0.957 bits per heavy atom. The summed E-state index contributed by atoms with van der Waals surface area (Å²) < 4.78 is 5.72. The summed E-state index contributed by atoms with van der Waals surface area (Å²) in [5.74, 6) is 0. The lowest BCUT2D eigenvalue weighted by atomic mass is 10.1. The molecule has 0 heterocycles. The Bertz CT molecular complexity index is 400. The van der Waals surface area contributed by atoms with Crippen LogP contribution >= 0.6 is 0 Å². The lowest BCUT2D eigenvalue weighted by Gasteiger charge is -2.06. The van der Waals surface area contributed by atoms with Crippen molar-refractivity contribution in [3.8, 4) is 0 Å². The SMILES string of the molecule is C/C=C(\C)CNCCCCCCOCCCCc1ccccc1. The Labute approximate surface area is 143 Å². The molecule has 0 aliphatic carbocycles. The first-order valence-electron chi connectivity index (χ1n) is 9.27. The lowest BCUT2D eigenvalue weighted by Crippen LogP contribution is -2.17. The molecule has 130 valence electrons. The molecule has 0 bridgehead atoms. The monoisotopic (exact) mass is 317 g/mol. The topological polar surface area (TPSA) is 21.3 Å². The van der Waals surface area contributed by atoms with E-state index in [9.17, 15) is 0 Å². The van der Waals surface area contributed by atoms with Crippen LogP contribution < -0.4 is 5.32 Å². The Morgan fingerprint density at radius 2 is 1.65 bits per heavy atom. The smallest absolute Gasteiger partial charge is 0.0466 e. The zero-order valence-electron chi connectivity index (χ0n) is 15.2. The Kier molecular flexibility index (Phi) is 12.5. The van der Waals surface area contributed by atoms with Crippen LogP contribution in [-0.2, 0) is 11.2 Å². The molecule has 23 heavy (non-hydrogen) atoms. The Balaban J connectivity index is 1.76. The normalized spacial score (nSPS) is 11.8. The number of ether oxygens (including phenoxy) is 1. The van der Waals surface area contributed by atoms with Gasteiger partial charge in [-0.05, 0) is 58.1 Å². The van der Waals surface area contributed by atoms with Crippen LogP contribution in [0.15, 0.2) is 42.0 Å². The predicted molar refractivity (Wildman–Crippen MR) is 101 cm³/mol. The third kappa shape index (κ3) is 12.0. The molecule has 0 atom stereocenters. The first-order valence-corrected chi connectivity index (χ1v) is 9.27. The molecule has 0 radical (unpaired) electrons. The third-order valence-corrected chi connectivity index (χ3v) is 4.14. The molecule has 0 unspecified atom stereocenters. The maximum Gasteiger partial charge on any atom is 0.0466 e. The van der Waals surface area contributed by atoms with Crippen molar-refractivity contribution in [3.05, 3.63) is 47.5 Å². The van der Waals surface area contributed by atoms with E-state index >= 15 is 0 Å². The molecule has 0 saturated heterocycles. The third-order valence-electron chi connectivity index (χ3n) is 4.14. The van der Waals surface area contributed by atoms with Crippen molar-refractivity contribution in [2.75, 3.05) is 26.3 Å². The fourth-order valence-corrected chi connectivity index (χ4v) is 2.48. The number of hydrogen-bond acceptors (Lipinski definition) is 2. The number of nitrogens with one attached hydrogen (secondary N) is 1. The van der Waals surface area contributed by atoms with E-state index in [-0.39, 0.29) is 0 Å². The Morgan fingerprint density at radius 3 is 2.39 bits per heavy atom. The van der Waals surface area contributed by atoms with E-state index in [1.54, 1.807) is 0 Å². The van der Waals surface area contributed by atoms with Crippen molar-refractivity contribution in [2.45, 2.75) is 58.8 Å². The van der Waals surface area contributed by atoms with E-state index in [4.69, 9.17) is 4.74 Å². The summed E-state index contributed by atoms with van der Waals surface area (Å²) in [5.41, 5.74) is 2.86. The summed E-state index contributed by atoms with van der Waals surface area (Å²) in [6, 6.07) is 10.7. The molecule has 0 aliphatic heterocycles. The van der Waals surface area contributed by atoms with Gasteiger partial charge in [0.2, 0.25) is 0 Å². The molecular formula is C21H35NO. The highest BCUT2D eigenvalue weighted by molar-refractivity contribution is 5.14. The fourth-order valence-electron chi connectivity index (χ4n) is 2.48. The Hall–Kier alpha value is -1.12. The van der Waals surface area contributed by atoms with E-state index in [1.807, 2.05) is 0 Å². The average molecular weight is 318 g/mol. The van der Waals surface area contributed by atoms with Gasteiger partial charge in [0, 0.05) is 19.8 Å². The number of benzene rings is 1. The van der Waals surface area contributed by atoms with Crippen LogP contribution in [0.3, 0.4) is 0 Å². The predicted octanol–water partition coefficient (Wildman–Crippen LogP) is 5.14. The summed E-state index contributed by atoms with van der Waals surface area (Å²) in [5, 5.41) is 3.48. The molecule has 0 aliphatic rings. The van der Waals surface area contributed by atoms with Crippen molar-refractivity contribution in [1.82, 2.24) is 5.32 Å². The minimum atomic E-state index is 0.914. The van der Waals surface area contributed by atoms with Crippen LogP contribution in [0, 0.1) is 0 Å². The summed E-state index contributed by atoms with van der Waals surface area (Å²) in [6.07, 6.45) is 10.8. The van der Waals surface area contributed by atoms with Gasteiger partial charge in [0.15, 0.2) is 0 Å². The highest BCUT2D eigenvalue weighted by Gasteiger charge is 1.94. The van der Waals surface area contributed by atoms with Crippen molar-refractivity contribution in [1.29, 1.82) is 0 Å². The van der Waals surface area contributed by atoms with Gasteiger partial charge in [-0.2, -0.15) is 0 Å². The first-order chi connectivity index (χ1) is 11.3. The zero-order valence-corrected chi connectivity index (χ0v) is 15.2. The van der Waals surface area contributed by atoms with Crippen molar-refractivity contribution in [3.63, 3.8) is 0 Å². The van der Waals surface area contributed by atoms with Gasteiger partial charge in [0.25, 0.3) is 0 Å². The number of hydrogen-bond donors (Lipinski definition) is 1. The second kappa shape index (κ2) is 14.5. The lowest BCUT2D eigenvalue weighted by molar-refractivity contribution is 0.126. The van der Waals surface area contributed by atoms with Crippen LogP contribution in [-0.4, -0.2) is 26.3 Å². The molecule has 2 heteroatoms. The van der Waals surface area contributed by atoms with E-state index in [0.29, 0.717) is 0 Å². The summed E-state index contributed by atoms with van der Waals surface area (Å²) in [4.78, 5) is 0. The van der Waals surface area contributed by atoms with E-state index in [2.05, 4.69) is 55.6 Å². The number of unbranched alkanes of at least 4 members (excludes halogenated alkanes) is 4. The molecule has 0 saturated carbocycles. The van der Waals surface area contributed by atoms with Gasteiger partial charge in [0.05, 0.1) is 0 Å². The van der Waals surface area contributed by atoms with E-state index in [0.717, 1.165) is 26.3 Å². The van der Waals surface area contributed by atoms with Gasteiger partial charge in [-0.15, -0.1) is 0 Å². The minimum Gasteiger partial charge on any atom is -0.381 e. The van der Waals surface area contributed by atoms with Gasteiger partial charge < -0.3 is 10.1 Å². The largest absolute Gasteiger partial charge is 0.381 e. The summed E-state index contributed by atoms with van der Waals surface area (Å²) in [7, 11) is 0. The molecule has 1 N–H and O–H groups in total. The van der Waals surface area contributed by atoms with Crippen LogP contribution in [0.4, 0.5) is 0 Å². The molecule has 1 rings (SSSR count). The van der Waals surface area contributed by atoms with Crippen molar-refractivity contribution >= 4 is 0 Å². The fraction of sp³-hybridized carbons (Fsp3) is 0.619. The van der Waals surface area contributed by atoms with Gasteiger partial charge in [-0.25, -0.2) is 0 Å². The van der Waals surface area contributed by atoms with E-state index < -0.39 is 0 Å². The van der Waals surface area contributed by atoms with Crippen LogP contribution in [0.1, 0.15) is 57.9 Å². The highest BCUT2D eigenvalue weighted by atomic mass is 16.5. The quantitative estimate of drug-likeness (QED) is 0.379. The van der Waals surface area contributed by atoms with Gasteiger partial charge >= 0.3 is 0 Å². The van der Waals surface area contributed by atoms with E-state index in [1.165, 1.54) is 56.1 Å². The first kappa shape index (κ1) is 19.9. The van der Waals surface area contributed by atoms with Crippen LogP contribution in [0.25, 0.3) is 0 Å². The standard InChI is InChI=1S/C21H35NO/c1-3-20(2)19-22-16-10-4-5-11-17-23-18-12-9-15-21-13-7-6-8-14-21/h3,6-8,13-14,22H,4-5,9-12,15-19H2,1-2H3/b20-3+. The molecule has 1 aromatic carbocycles. The van der Waals surface area contributed by atoms with Gasteiger partial charge in [-0.1, -0.05) is 54.8 Å². The zero-order chi connectivity index (χ0) is 16.6. The minimum absolute atomic E-state index is 0.914. The molecule has 0 amide bonds. The summed E-state index contributed by atoms with van der Waals surface area (Å²) in [6.45, 7) is 8.27. The maximum absolute atomic E-state index is 5.72. The number of rotatable bonds is 14. The van der Waals surface area contributed by atoms with Gasteiger partial charge in [-0.3, -0.25) is 0 Å². The molecule has 0 fully saturated rings. The van der Waals surface area contributed by atoms with Gasteiger partial charge in [0.1, 0.15) is 0 Å². The second-order valence-corrected chi connectivity index (χ2v) is 6.28. The molecular weight excluding hydrogens is 282 g/mol. The van der Waals surface area contributed by atoms with Crippen LogP contribution in [0.5, 0.6) is 0 Å². The molecule has 0 spiro atoms. The second-order valence-electron chi connectivity index (χ2n) is 6.28. The molecule has 0 aromatic heterocycles. The van der Waals surface area contributed by atoms with Crippen LogP contribution in [0.2, 0.25) is 0 Å².